The molecule has 0 aliphatic carbocycles. The standard InChI is InChI=1S/C7H10N2O3/c1-12-7(11)2-6(10)5-3-8-4-9-5/h8H,2-4H2,1H3. The zero-order valence-electron chi connectivity index (χ0n) is 6.79. The summed E-state index contributed by atoms with van der Waals surface area (Å²) < 4.78 is 4.35. The van der Waals surface area contributed by atoms with Crippen molar-refractivity contribution in [2.75, 3.05) is 20.3 Å². The first kappa shape index (κ1) is 8.86. The zero-order chi connectivity index (χ0) is 8.97. The third-order valence-corrected chi connectivity index (χ3v) is 1.53. The quantitative estimate of drug-likeness (QED) is 0.441. The predicted octanol–water partition coefficient (Wildman–Crippen LogP) is -0.880. The minimum absolute atomic E-state index is 0.211. The minimum atomic E-state index is -0.519. The molecule has 5 heteroatoms. The maximum atomic E-state index is 11.1. The van der Waals surface area contributed by atoms with E-state index in [4.69, 9.17) is 0 Å². The number of nitrogens with one attached hydrogen (secondary N) is 1. The van der Waals surface area contributed by atoms with E-state index in [0.717, 1.165) is 0 Å². The van der Waals surface area contributed by atoms with Crippen LogP contribution in [0.1, 0.15) is 6.42 Å². The Bertz CT molecular complexity index is 235. The van der Waals surface area contributed by atoms with Crippen LogP contribution in [0.15, 0.2) is 4.99 Å². The minimum Gasteiger partial charge on any atom is -0.469 e. The molecule has 5 nitrogen and oxygen atoms in total. The molecule has 1 N–H and O–H groups in total. The van der Waals surface area contributed by atoms with Crippen molar-refractivity contribution in [3.63, 3.8) is 0 Å². The Morgan fingerprint density at radius 3 is 2.92 bits per heavy atom. The Morgan fingerprint density at radius 1 is 1.67 bits per heavy atom. The number of nitrogens with zero attached hydrogens (tertiary/aromatic N) is 1. The number of rotatable bonds is 3. The summed E-state index contributed by atoms with van der Waals surface area (Å²) in [7, 11) is 1.25. The molecule has 0 saturated carbocycles. The van der Waals surface area contributed by atoms with Crippen LogP contribution in [0.25, 0.3) is 0 Å². The third kappa shape index (κ3) is 2.13. The molecule has 1 heterocycles. The highest BCUT2D eigenvalue weighted by atomic mass is 16.5. The van der Waals surface area contributed by atoms with Crippen molar-refractivity contribution in [2.24, 2.45) is 4.99 Å². The Labute approximate surface area is 69.8 Å². The second-order valence-corrected chi connectivity index (χ2v) is 2.37. The van der Waals surface area contributed by atoms with Crippen LogP contribution in [0.5, 0.6) is 0 Å². The molecule has 1 aliphatic heterocycles. The number of esters is 1. The van der Waals surface area contributed by atoms with E-state index in [2.05, 4.69) is 15.0 Å². The van der Waals surface area contributed by atoms with Gasteiger partial charge in [-0.15, -0.1) is 0 Å². The van der Waals surface area contributed by atoms with Crippen molar-refractivity contribution in [3.8, 4) is 0 Å². The molecule has 0 aromatic rings. The summed E-state index contributed by atoms with van der Waals surface area (Å²) in [6.45, 7) is 0.915. The van der Waals surface area contributed by atoms with E-state index < -0.39 is 5.97 Å². The molecular formula is C7H10N2O3. The maximum absolute atomic E-state index is 11.1. The lowest BCUT2D eigenvalue weighted by molar-refractivity contribution is -0.142. The van der Waals surface area contributed by atoms with E-state index in [1.807, 2.05) is 0 Å². The summed E-state index contributed by atoms with van der Waals surface area (Å²) >= 11 is 0. The van der Waals surface area contributed by atoms with Crippen molar-refractivity contribution in [1.82, 2.24) is 5.32 Å². The molecule has 0 unspecified atom stereocenters. The van der Waals surface area contributed by atoms with Crippen molar-refractivity contribution in [1.29, 1.82) is 0 Å². The highest BCUT2D eigenvalue weighted by Crippen LogP contribution is 1.94. The van der Waals surface area contributed by atoms with E-state index in [9.17, 15) is 9.59 Å². The Balaban J connectivity index is 2.42. The molecule has 0 saturated heterocycles. The van der Waals surface area contributed by atoms with Crippen LogP contribution in [0.4, 0.5) is 0 Å². The fourth-order valence-corrected chi connectivity index (χ4v) is 0.874. The summed E-state index contributed by atoms with van der Waals surface area (Å²) in [6, 6.07) is 0. The van der Waals surface area contributed by atoms with Crippen molar-refractivity contribution in [2.45, 2.75) is 6.42 Å². The first-order valence-corrected chi connectivity index (χ1v) is 3.58. The van der Waals surface area contributed by atoms with Gasteiger partial charge in [-0.2, -0.15) is 0 Å². The smallest absolute Gasteiger partial charge is 0.313 e. The molecule has 66 valence electrons. The van der Waals surface area contributed by atoms with Crippen LogP contribution < -0.4 is 5.32 Å². The van der Waals surface area contributed by atoms with Gasteiger partial charge >= 0.3 is 5.97 Å². The van der Waals surface area contributed by atoms with Gasteiger partial charge in [0.2, 0.25) is 0 Å². The summed E-state index contributed by atoms with van der Waals surface area (Å²) in [4.78, 5) is 25.7. The summed E-state index contributed by atoms with van der Waals surface area (Å²) in [5.41, 5.74) is 0.431. The van der Waals surface area contributed by atoms with Crippen LogP contribution >= 0.6 is 0 Å². The predicted molar refractivity (Wildman–Crippen MR) is 41.9 cm³/mol. The van der Waals surface area contributed by atoms with E-state index in [1.54, 1.807) is 0 Å². The van der Waals surface area contributed by atoms with Gasteiger partial charge in [-0.25, -0.2) is 0 Å². The lowest BCUT2D eigenvalue weighted by atomic mass is 10.2. The summed E-state index contributed by atoms with van der Waals surface area (Å²) in [6.07, 6.45) is -0.211. The maximum Gasteiger partial charge on any atom is 0.313 e. The summed E-state index contributed by atoms with van der Waals surface area (Å²) in [5, 5.41) is 2.87. The van der Waals surface area contributed by atoms with Crippen LogP contribution in [-0.2, 0) is 14.3 Å². The van der Waals surface area contributed by atoms with Gasteiger partial charge in [-0.1, -0.05) is 0 Å². The SMILES string of the molecule is COC(=O)CC(=O)C1=NCNC1. The molecule has 0 bridgehead atoms. The number of aliphatic imine (C=N–C) groups is 1. The number of hydrogen-bond donors (Lipinski definition) is 1. The lowest BCUT2D eigenvalue weighted by Crippen LogP contribution is -2.23. The van der Waals surface area contributed by atoms with Gasteiger partial charge in [0.05, 0.1) is 19.5 Å². The normalized spacial score (nSPS) is 15.6. The molecule has 0 aromatic carbocycles. The van der Waals surface area contributed by atoms with E-state index in [1.165, 1.54) is 7.11 Å². The van der Waals surface area contributed by atoms with Gasteiger partial charge in [-0.3, -0.25) is 19.9 Å². The second kappa shape index (κ2) is 3.96. The van der Waals surface area contributed by atoms with Crippen LogP contribution in [0.2, 0.25) is 0 Å². The number of ether oxygens (including phenoxy) is 1. The second-order valence-electron chi connectivity index (χ2n) is 2.37. The first-order valence-electron chi connectivity index (χ1n) is 3.58. The fraction of sp³-hybridized carbons (Fsp3) is 0.571. The van der Waals surface area contributed by atoms with E-state index in [-0.39, 0.29) is 12.2 Å². The molecule has 0 fully saturated rings. The first-order chi connectivity index (χ1) is 5.74. The van der Waals surface area contributed by atoms with Gasteiger partial charge in [-0.05, 0) is 0 Å². The van der Waals surface area contributed by atoms with Crippen LogP contribution in [-0.4, -0.2) is 37.8 Å². The summed E-state index contributed by atoms with van der Waals surface area (Å²) in [5.74, 6) is -0.776. The largest absolute Gasteiger partial charge is 0.469 e. The molecule has 0 radical (unpaired) electrons. The molecule has 12 heavy (non-hydrogen) atoms. The molecule has 0 amide bonds. The topological polar surface area (TPSA) is 67.8 Å². The van der Waals surface area contributed by atoms with Gasteiger partial charge in [0.25, 0.3) is 0 Å². The molecular weight excluding hydrogens is 160 g/mol. The Hall–Kier alpha value is -1.23. The van der Waals surface area contributed by atoms with E-state index >= 15 is 0 Å². The molecule has 0 atom stereocenters. The van der Waals surface area contributed by atoms with Crippen LogP contribution in [0.3, 0.4) is 0 Å². The highest BCUT2D eigenvalue weighted by Gasteiger charge is 2.17. The van der Waals surface area contributed by atoms with Crippen LogP contribution in [0, 0.1) is 0 Å². The molecule has 0 aromatic heterocycles. The monoisotopic (exact) mass is 170 g/mol. The number of carbonyl (C=O) groups is 2. The molecule has 1 rings (SSSR count). The number of carbonyl (C=O) groups excluding carboxylic acids is 2. The lowest BCUT2D eigenvalue weighted by Gasteiger charge is -1.97. The van der Waals surface area contributed by atoms with Crippen molar-refractivity contribution < 1.29 is 14.3 Å². The third-order valence-electron chi connectivity index (χ3n) is 1.53. The Morgan fingerprint density at radius 2 is 2.42 bits per heavy atom. The average molecular weight is 170 g/mol. The van der Waals surface area contributed by atoms with Gasteiger partial charge in [0.1, 0.15) is 6.42 Å². The number of hydrogen-bond acceptors (Lipinski definition) is 5. The van der Waals surface area contributed by atoms with Crippen molar-refractivity contribution in [3.05, 3.63) is 0 Å². The van der Waals surface area contributed by atoms with Gasteiger partial charge in [0, 0.05) is 6.54 Å². The highest BCUT2D eigenvalue weighted by molar-refractivity contribution is 6.43. The van der Waals surface area contributed by atoms with E-state index in [0.29, 0.717) is 18.9 Å². The number of ketones is 1. The fourth-order valence-electron chi connectivity index (χ4n) is 0.874. The van der Waals surface area contributed by atoms with Gasteiger partial charge in [0.15, 0.2) is 5.78 Å². The number of Topliss-reactive ketones (excluding diaryl/α,β-unsaturated/α-hetero) is 1. The zero-order valence-corrected chi connectivity index (χ0v) is 6.79. The molecule has 1 aliphatic rings. The van der Waals surface area contributed by atoms with Crippen molar-refractivity contribution >= 4 is 17.5 Å². The average Bonchev–Trinajstić information content (AvgIpc) is 2.56. The number of methoxy groups -OCH3 is 1. The van der Waals surface area contributed by atoms with Gasteiger partial charge < -0.3 is 4.74 Å². The Kier molecular flexibility index (Phi) is 2.93. The molecule has 0 spiro atoms.